The van der Waals surface area contributed by atoms with Crippen LogP contribution in [0.2, 0.25) is 0 Å². The highest BCUT2D eigenvalue weighted by atomic mass is 32.2. The molecule has 0 bridgehead atoms. The quantitative estimate of drug-likeness (QED) is 0.793. The first kappa shape index (κ1) is 17.5. The molecule has 0 fully saturated rings. The first-order chi connectivity index (χ1) is 10.8. The fourth-order valence-corrected chi connectivity index (χ4v) is 4.18. The third kappa shape index (κ3) is 3.73. The van der Waals surface area contributed by atoms with Gasteiger partial charge in [-0.3, -0.25) is 4.79 Å². The Bertz CT molecular complexity index is 741. The lowest BCUT2D eigenvalue weighted by Crippen LogP contribution is -2.46. The van der Waals surface area contributed by atoms with Crippen LogP contribution in [-0.2, 0) is 14.8 Å². The van der Waals surface area contributed by atoms with Gasteiger partial charge in [-0.15, -0.1) is 0 Å². The normalized spacial score (nSPS) is 21.2. The van der Waals surface area contributed by atoms with Crippen LogP contribution in [0.15, 0.2) is 29.2 Å². The number of nitrogens with one attached hydrogen (secondary N) is 1. The zero-order chi connectivity index (χ0) is 17.2. The minimum absolute atomic E-state index is 0.0703. The first-order valence-corrected chi connectivity index (χ1v) is 8.86. The van der Waals surface area contributed by atoms with Crippen LogP contribution in [0.4, 0.5) is 0 Å². The summed E-state index contributed by atoms with van der Waals surface area (Å²) in [6.07, 6.45) is 4.56. The summed E-state index contributed by atoms with van der Waals surface area (Å²) in [6.45, 7) is 3.72. The molecule has 126 valence electrons. The number of allylic oxidation sites excluding steroid dienone is 1. The van der Waals surface area contributed by atoms with Gasteiger partial charge in [-0.2, -0.15) is 0 Å². The second-order valence-corrected chi connectivity index (χ2v) is 7.45. The van der Waals surface area contributed by atoms with E-state index < -0.39 is 27.9 Å². The minimum atomic E-state index is -3.83. The molecule has 3 N–H and O–H groups in total. The SMILES string of the molecule is COc1cc(C)c(C)cc1S(=O)(=O)N[C@@H]1CC=CC[C@H]1C(N)=O. The molecule has 1 aromatic rings. The zero-order valence-corrected chi connectivity index (χ0v) is 14.3. The number of ether oxygens (including phenoxy) is 1. The number of nitrogens with two attached hydrogens (primary N) is 1. The standard InChI is InChI=1S/C16H22N2O4S/c1-10-8-14(22-3)15(9-11(10)2)23(20,21)18-13-7-5-4-6-12(13)16(17)19/h4-5,8-9,12-13,18H,6-7H2,1-3H3,(H2,17,19)/t12-,13-/m1/s1. The Morgan fingerprint density at radius 1 is 1.22 bits per heavy atom. The molecule has 2 atom stereocenters. The second kappa shape index (κ2) is 6.72. The molecule has 2 rings (SSSR count). The molecule has 0 aromatic heterocycles. The Hall–Kier alpha value is -1.86. The van der Waals surface area contributed by atoms with Crippen LogP contribution < -0.4 is 15.2 Å². The molecule has 7 heteroatoms. The lowest BCUT2D eigenvalue weighted by atomic mass is 9.89. The lowest BCUT2D eigenvalue weighted by molar-refractivity contribution is -0.122. The van der Waals surface area contributed by atoms with Gasteiger partial charge < -0.3 is 10.5 Å². The van der Waals surface area contributed by atoms with E-state index in [0.29, 0.717) is 12.8 Å². The van der Waals surface area contributed by atoms with Crippen LogP contribution in [0.25, 0.3) is 0 Å². The van der Waals surface area contributed by atoms with E-state index in [2.05, 4.69) is 4.72 Å². The highest BCUT2D eigenvalue weighted by Gasteiger charge is 2.32. The van der Waals surface area contributed by atoms with Crippen LogP contribution in [0, 0.1) is 19.8 Å². The number of carbonyl (C=O) groups is 1. The molecule has 0 saturated carbocycles. The highest BCUT2D eigenvalue weighted by Crippen LogP contribution is 2.29. The number of methoxy groups -OCH3 is 1. The van der Waals surface area contributed by atoms with Crippen molar-refractivity contribution in [2.24, 2.45) is 11.7 Å². The van der Waals surface area contributed by atoms with E-state index in [1.165, 1.54) is 7.11 Å². The summed E-state index contributed by atoms with van der Waals surface area (Å²) < 4.78 is 33.3. The average molecular weight is 338 g/mol. The highest BCUT2D eigenvalue weighted by molar-refractivity contribution is 7.89. The van der Waals surface area contributed by atoms with Crippen molar-refractivity contribution in [1.29, 1.82) is 0 Å². The third-order valence-corrected chi connectivity index (χ3v) is 5.68. The van der Waals surface area contributed by atoms with Crippen molar-refractivity contribution < 1.29 is 17.9 Å². The van der Waals surface area contributed by atoms with E-state index in [9.17, 15) is 13.2 Å². The number of amides is 1. The topological polar surface area (TPSA) is 98.5 Å². The predicted molar refractivity (Wildman–Crippen MR) is 87.6 cm³/mol. The van der Waals surface area contributed by atoms with Crippen molar-refractivity contribution in [1.82, 2.24) is 4.72 Å². The number of benzene rings is 1. The summed E-state index contributed by atoms with van der Waals surface area (Å²) in [4.78, 5) is 11.6. The Labute approximate surface area is 136 Å². The maximum absolute atomic E-state index is 12.7. The number of aryl methyl sites for hydroxylation is 2. The van der Waals surface area contributed by atoms with Gasteiger partial charge in [0.25, 0.3) is 0 Å². The average Bonchev–Trinajstić information content (AvgIpc) is 2.49. The molecule has 1 aliphatic rings. The molecule has 0 radical (unpaired) electrons. The van der Waals surface area contributed by atoms with Gasteiger partial charge in [0.1, 0.15) is 10.6 Å². The second-order valence-electron chi connectivity index (χ2n) is 5.77. The Morgan fingerprint density at radius 2 is 1.83 bits per heavy atom. The summed E-state index contributed by atoms with van der Waals surface area (Å²) in [6, 6.07) is 2.72. The van der Waals surface area contributed by atoms with Crippen molar-refractivity contribution in [2.75, 3.05) is 7.11 Å². The number of rotatable bonds is 5. The number of primary amides is 1. The van der Waals surface area contributed by atoms with E-state index in [4.69, 9.17) is 10.5 Å². The Kier molecular flexibility index (Phi) is 5.11. The summed E-state index contributed by atoms with van der Waals surface area (Å²) in [7, 11) is -2.40. The monoisotopic (exact) mass is 338 g/mol. The summed E-state index contributed by atoms with van der Waals surface area (Å²) in [5.74, 6) is -0.774. The van der Waals surface area contributed by atoms with Gasteiger partial charge in [-0.25, -0.2) is 13.1 Å². The van der Waals surface area contributed by atoms with Crippen molar-refractivity contribution in [3.8, 4) is 5.75 Å². The maximum atomic E-state index is 12.7. The molecular weight excluding hydrogens is 316 g/mol. The molecule has 0 heterocycles. The van der Waals surface area contributed by atoms with Crippen LogP contribution in [0.3, 0.4) is 0 Å². The van der Waals surface area contributed by atoms with Gasteiger partial charge in [0.05, 0.1) is 13.0 Å². The van der Waals surface area contributed by atoms with Crippen LogP contribution in [0.5, 0.6) is 5.75 Å². The van der Waals surface area contributed by atoms with Crippen LogP contribution in [-0.4, -0.2) is 27.5 Å². The van der Waals surface area contributed by atoms with E-state index in [1.54, 1.807) is 12.1 Å². The van der Waals surface area contributed by atoms with Crippen molar-refractivity contribution in [3.63, 3.8) is 0 Å². The van der Waals surface area contributed by atoms with E-state index in [-0.39, 0.29) is 10.6 Å². The largest absolute Gasteiger partial charge is 0.495 e. The molecular formula is C16H22N2O4S. The molecule has 1 aliphatic carbocycles. The summed E-state index contributed by atoms with van der Waals surface area (Å²) >= 11 is 0. The number of hydrogen-bond acceptors (Lipinski definition) is 4. The minimum Gasteiger partial charge on any atom is -0.495 e. The van der Waals surface area contributed by atoms with Gasteiger partial charge >= 0.3 is 0 Å². The maximum Gasteiger partial charge on any atom is 0.244 e. The number of sulfonamides is 1. The lowest BCUT2D eigenvalue weighted by Gasteiger charge is -2.27. The molecule has 0 unspecified atom stereocenters. The first-order valence-electron chi connectivity index (χ1n) is 7.38. The van der Waals surface area contributed by atoms with Gasteiger partial charge in [-0.1, -0.05) is 12.2 Å². The molecule has 1 aromatic carbocycles. The summed E-state index contributed by atoms with van der Waals surface area (Å²) in [5.41, 5.74) is 7.17. The van der Waals surface area contributed by atoms with Crippen LogP contribution in [0.1, 0.15) is 24.0 Å². The van der Waals surface area contributed by atoms with Crippen molar-refractivity contribution in [2.45, 2.75) is 37.6 Å². The molecule has 0 spiro atoms. The van der Waals surface area contributed by atoms with Crippen molar-refractivity contribution in [3.05, 3.63) is 35.4 Å². The fourth-order valence-electron chi connectivity index (χ4n) is 2.65. The van der Waals surface area contributed by atoms with Gasteiger partial charge in [0, 0.05) is 6.04 Å². The van der Waals surface area contributed by atoms with Crippen molar-refractivity contribution >= 4 is 15.9 Å². The molecule has 1 amide bonds. The molecule has 23 heavy (non-hydrogen) atoms. The predicted octanol–water partition coefficient (Wildman–Crippen LogP) is 1.41. The third-order valence-electron chi connectivity index (χ3n) is 4.17. The zero-order valence-electron chi connectivity index (χ0n) is 13.5. The van der Waals surface area contributed by atoms with E-state index >= 15 is 0 Å². The Balaban J connectivity index is 2.37. The van der Waals surface area contributed by atoms with E-state index in [0.717, 1.165) is 11.1 Å². The van der Waals surface area contributed by atoms with Gasteiger partial charge in [0.15, 0.2) is 0 Å². The number of hydrogen-bond donors (Lipinski definition) is 2. The molecule has 6 nitrogen and oxygen atoms in total. The van der Waals surface area contributed by atoms with Gasteiger partial charge in [0.2, 0.25) is 15.9 Å². The molecule has 0 saturated heterocycles. The Morgan fingerprint density at radius 3 is 2.43 bits per heavy atom. The molecule has 0 aliphatic heterocycles. The number of carbonyl (C=O) groups excluding carboxylic acids is 1. The van der Waals surface area contributed by atoms with E-state index in [1.807, 2.05) is 26.0 Å². The fraction of sp³-hybridized carbons (Fsp3) is 0.438. The van der Waals surface area contributed by atoms with Crippen LogP contribution >= 0.6 is 0 Å². The summed E-state index contributed by atoms with van der Waals surface area (Å²) in [5, 5.41) is 0. The smallest absolute Gasteiger partial charge is 0.244 e. The van der Waals surface area contributed by atoms with Gasteiger partial charge in [-0.05, 0) is 49.9 Å².